The summed E-state index contributed by atoms with van der Waals surface area (Å²) in [6, 6.07) is 9.97. The van der Waals surface area contributed by atoms with E-state index in [9.17, 15) is 14.9 Å². The monoisotopic (exact) mass is 427 g/mol. The summed E-state index contributed by atoms with van der Waals surface area (Å²) in [5, 5.41) is 14.6. The molecule has 2 aromatic rings. The van der Waals surface area contributed by atoms with Gasteiger partial charge in [0.1, 0.15) is 0 Å². The van der Waals surface area contributed by atoms with E-state index in [1.54, 1.807) is 44.4 Å². The van der Waals surface area contributed by atoms with Crippen LogP contribution >= 0.6 is 0 Å². The lowest BCUT2D eigenvalue weighted by Crippen LogP contribution is -2.28. The Balaban J connectivity index is 2.11. The Kier molecular flexibility index (Phi) is 7.05. The minimum Gasteiger partial charge on any atom is -0.449 e. The Labute approximate surface area is 186 Å². The topological polar surface area (TPSA) is 94.4 Å². The average molecular weight is 427 g/mol. The molecule has 0 saturated carbocycles. The summed E-state index contributed by atoms with van der Waals surface area (Å²) in [6.45, 7) is 5.23. The molecule has 160 valence electrons. The number of nitro benzene ring substituents is 1. The minimum absolute atomic E-state index is 0.0569. The van der Waals surface area contributed by atoms with Gasteiger partial charge in [-0.15, -0.1) is 0 Å². The van der Waals surface area contributed by atoms with Crippen LogP contribution in [0, 0.1) is 33.8 Å². The van der Waals surface area contributed by atoms with Crippen LogP contribution in [0.1, 0.15) is 37.8 Å². The molecule has 1 aliphatic heterocycles. The summed E-state index contributed by atoms with van der Waals surface area (Å²) in [4.78, 5) is 28.3. The quantitative estimate of drug-likeness (QED) is 0.336. The highest BCUT2D eigenvalue weighted by Crippen LogP contribution is 2.44. The normalized spacial score (nSPS) is 15.0. The van der Waals surface area contributed by atoms with Crippen LogP contribution in [0.4, 0.5) is 5.69 Å². The molecular formula is C25H21N3O4. The third kappa shape index (κ3) is 4.85. The van der Waals surface area contributed by atoms with Crippen LogP contribution in [-0.2, 0) is 9.53 Å². The number of nitrogens with one attached hydrogen (secondary N) is 1. The number of aromatic nitrogens is 1. The van der Waals surface area contributed by atoms with Crippen molar-refractivity contribution in [2.45, 2.75) is 26.7 Å². The molecular weight excluding hydrogens is 406 g/mol. The number of pyridine rings is 1. The number of dihydropyridines is 1. The lowest BCUT2D eigenvalue weighted by molar-refractivity contribution is -0.384. The number of hydrogen-bond donors (Lipinski definition) is 1. The fourth-order valence-corrected chi connectivity index (χ4v) is 3.64. The van der Waals surface area contributed by atoms with Crippen molar-refractivity contribution < 1.29 is 14.5 Å². The first-order valence-electron chi connectivity index (χ1n) is 9.84. The Morgan fingerprint density at radius 3 is 2.72 bits per heavy atom. The Morgan fingerprint density at radius 2 is 2.03 bits per heavy atom. The lowest BCUT2D eigenvalue weighted by atomic mass is 9.78. The van der Waals surface area contributed by atoms with Crippen LogP contribution in [0.15, 0.2) is 65.8 Å². The molecule has 0 bridgehead atoms. The molecule has 0 fully saturated rings. The summed E-state index contributed by atoms with van der Waals surface area (Å²) in [5.74, 6) is 9.37. The van der Waals surface area contributed by atoms with E-state index in [1.807, 2.05) is 13.0 Å². The van der Waals surface area contributed by atoms with E-state index < -0.39 is 16.8 Å². The number of benzene rings is 1. The van der Waals surface area contributed by atoms with Crippen LogP contribution in [0.25, 0.3) is 5.57 Å². The van der Waals surface area contributed by atoms with Crippen LogP contribution < -0.4 is 5.32 Å². The molecule has 0 saturated heterocycles. The van der Waals surface area contributed by atoms with Crippen molar-refractivity contribution in [1.29, 1.82) is 0 Å². The zero-order valence-electron chi connectivity index (χ0n) is 17.9. The lowest BCUT2D eigenvalue weighted by Gasteiger charge is -2.31. The number of ether oxygens (including phenoxy) is 1. The highest BCUT2D eigenvalue weighted by Gasteiger charge is 2.35. The number of carbonyl (C=O) groups excluding carboxylic acids is 1. The molecule has 7 heteroatoms. The van der Waals surface area contributed by atoms with Gasteiger partial charge in [-0.25, -0.2) is 4.79 Å². The van der Waals surface area contributed by atoms with Gasteiger partial charge in [-0.1, -0.05) is 24.1 Å². The fraction of sp³-hybridized carbons (Fsp3) is 0.200. The summed E-state index contributed by atoms with van der Waals surface area (Å²) in [6.07, 6.45) is 3.36. The van der Waals surface area contributed by atoms with E-state index in [0.29, 0.717) is 16.8 Å². The molecule has 0 aliphatic carbocycles. The first-order valence-corrected chi connectivity index (χ1v) is 9.84. The fourth-order valence-electron chi connectivity index (χ4n) is 3.64. The average Bonchev–Trinajstić information content (AvgIpc) is 2.79. The maximum absolute atomic E-state index is 13.1. The van der Waals surface area contributed by atoms with Gasteiger partial charge in [-0.05, 0) is 61.3 Å². The maximum atomic E-state index is 13.1. The summed E-state index contributed by atoms with van der Waals surface area (Å²) >= 11 is 0. The van der Waals surface area contributed by atoms with Gasteiger partial charge in [0.25, 0.3) is 5.69 Å². The van der Waals surface area contributed by atoms with Crippen LogP contribution in [0.2, 0.25) is 0 Å². The van der Waals surface area contributed by atoms with Crippen molar-refractivity contribution in [2.75, 3.05) is 6.61 Å². The molecule has 0 spiro atoms. The highest BCUT2D eigenvalue weighted by atomic mass is 16.6. The molecule has 0 radical (unpaired) electrons. The van der Waals surface area contributed by atoms with Crippen molar-refractivity contribution in [3.05, 3.63) is 87.0 Å². The standard InChI is InChI=1S/C25H21N3O4/c1-4-5-6-7-14-32-25(29)23-18(3)27-17(2)22(20-11-9-13-26-16-20)24(23)19-10-8-12-21(15-19)28(30)31/h8-13,15-16,24,27H,14H2,1-3H3. The molecule has 1 aromatic heterocycles. The van der Waals surface area contributed by atoms with E-state index in [4.69, 9.17) is 4.74 Å². The summed E-state index contributed by atoms with van der Waals surface area (Å²) < 4.78 is 5.40. The highest BCUT2D eigenvalue weighted by molar-refractivity contribution is 5.97. The van der Waals surface area contributed by atoms with Gasteiger partial charge in [0, 0.05) is 41.8 Å². The van der Waals surface area contributed by atoms with Gasteiger partial charge >= 0.3 is 5.97 Å². The first kappa shape index (κ1) is 22.3. The zero-order chi connectivity index (χ0) is 23.1. The Bertz CT molecular complexity index is 1240. The molecule has 1 unspecified atom stereocenters. The Hall–Kier alpha value is -4.36. The van der Waals surface area contributed by atoms with Crippen molar-refractivity contribution >= 4 is 17.2 Å². The number of esters is 1. The number of nitrogens with zero attached hydrogens (tertiary/aromatic N) is 2. The second-order valence-corrected chi connectivity index (χ2v) is 6.98. The molecule has 7 nitrogen and oxygen atoms in total. The van der Waals surface area contributed by atoms with E-state index in [1.165, 1.54) is 12.1 Å². The van der Waals surface area contributed by atoms with E-state index in [0.717, 1.165) is 16.8 Å². The van der Waals surface area contributed by atoms with Gasteiger partial charge in [0.15, 0.2) is 6.61 Å². The zero-order valence-corrected chi connectivity index (χ0v) is 17.9. The number of hydrogen-bond acceptors (Lipinski definition) is 6. The van der Waals surface area contributed by atoms with Crippen molar-refractivity contribution in [3.63, 3.8) is 0 Å². The van der Waals surface area contributed by atoms with Gasteiger partial charge in [0.2, 0.25) is 0 Å². The van der Waals surface area contributed by atoms with Crippen LogP contribution in [-0.4, -0.2) is 22.5 Å². The summed E-state index contributed by atoms with van der Waals surface area (Å²) in [5.41, 5.74) is 3.92. The van der Waals surface area contributed by atoms with Crippen LogP contribution in [0.5, 0.6) is 0 Å². The van der Waals surface area contributed by atoms with Gasteiger partial charge in [-0.3, -0.25) is 15.1 Å². The molecule has 1 aromatic carbocycles. The number of allylic oxidation sites excluding steroid dienone is 3. The smallest absolute Gasteiger partial charge is 0.337 e. The minimum atomic E-state index is -0.587. The predicted molar refractivity (Wildman–Crippen MR) is 121 cm³/mol. The molecule has 0 amide bonds. The van der Waals surface area contributed by atoms with Crippen LogP contribution in [0.3, 0.4) is 0 Å². The van der Waals surface area contributed by atoms with E-state index in [-0.39, 0.29) is 12.3 Å². The second-order valence-electron chi connectivity index (χ2n) is 6.98. The molecule has 1 N–H and O–H groups in total. The second kappa shape index (κ2) is 10.1. The molecule has 1 atom stereocenters. The van der Waals surface area contributed by atoms with Crippen molar-refractivity contribution in [3.8, 4) is 23.7 Å². The third-order valence-corrected chi connectivity index (χ3v) is 4.92. The van der Waals surface area contributed by atoms with E-state index in [2.05, 4.69) is 34.0 Å². The molecule has 3 rings (SSSR count). The van der Waals surface area contributed by atoms with Gasteiger partial charge in [0.05, 0.1) is 10.5 Å². The largest absolute Gasteiger partial charge is 0.449 e. The number of nitro groups is 1. The first-order chi connectivity index (χ1) is 15.4. The summed E-state index contributed by atoms with van der Waals surface area (Å²) in [7, 11) is 0. The van der Waals surface area contributed by atoms with Crippen molar-refractivity contribution in [1.82, 2.24) is 10.3 Å². The van der Waals surface area contributed by atoms with Gasteiger partial charge < -0.3 is 10.1 Å². The SMILES string of the molecule is CC#CC#CCOC(=O)C1=C(C)NC(C)=C(c2cccnc2)C1c1cccc([N+](=O)[O-])c1. The molecule has 32 heavy (non-hydrogen) atoms. The van der Waals surface area contributed by atoms with Gasteiger partial charge in [-0.2, -0.15) is 0 Å². The third-order valence-electron chi connectivity index (χ3n) is 4.92. The Morgan fingerprint density at radius 1 is 1.22 bits per heavy atom. The predicted octanol–water partition coefficient (Wildman–Crippen LogP) is 3.95. The number of rotatable bonds is 5. The van der Waals surface area contributed by atoms with E-state index >= 15 is 0 Å². The molecule has 2 heterocycles. The molecule has 1 aliphatic rings. The van der Waals surface area contributed by atoms with Crippen molar-refractivity contribution in [2.24, 2.45) is 0 Å². The number of carbonyl (C=O) groups is 1. The number of non-ortho nitro benzene ring substituents is 1. The maximum Gasteiger partial charge on any atom is 0.337 e.